The summed E-state index contributed by atoms with van der Waals surface area (Å²) in [5, 5.41) is 2.32. The predicted molar refractivity (Wildman–Crippen MR) is 125 cm³/mol. The van der Waals surface area contributed by atoms with Gasteiger partial charge in [-0.2, -0.15) is 4.99 Å². The number of aryl methyl sites for hydroxylation is 2. The Hall–Kier alpha value is -3.49. The molecule has 0 aliphatic carbocycles. The number of benzene rings is 3. The molecule has 30 heavy (non-hydrogen) atoms. The lowest BCUT2D eigenvalue weighted by molar-refractivity contribution is 0.623. The summed E-state index contributed by atoms with van der Waals surface area (Å²) in [6.45, 7) is 4.07. The highest BCUT2D eigenvalue weighted by Crippen LogP contribution is 2.16. The van der Waals surface area contributed by atoms with Gasteiger partial charge in [-0.05, 0) is 85.2 Å². The van der Waals surface area contributed by atoms with E-state index in [4.69, 9.17) is 0 Å². The Kier molecular flexibility index (Phi) is 7.31. The van der Waals surface area contributed by atoms with E-state index in [-0.39, 0.29) is 5.82 Å². The molecule has 1 nitrogen and oxygen atoms in total. The molecule has 146 valence electrons. The standard InChI is InChI=1S/C27H20FNS/c1-3-4-21-5-7-22(8-6-21)9-13-24-18-27(28)25(17-20(24)2)14-10-23-11-15-26(16-12-23)29-19-30/h5-8,11-12,15-18H,3-4H2,1-2H3. The van der Waals surface area contributed by atoms with E-state index in [1.165, 1.54) is 11.6 Å². The number of isothiocyanates is 1. The van der Waals surface area contributed by atoms with Crippen molar-refractivity contribution < 1.29 is 4.39 Å². The van der Waals surface area contributed by atoms with Crippen LogP contribution < -0.4 is 0 Å². The van der Waals surface area contributed by atoms with E-state index in [0.29, 0.717) is 16.8 Å². The molecule has 3 aromatic carbocycles. The molecule has 0 N–H and O–H groups in total. The monoisotopic (exact) mass is 409 g/mol. The number of thiocarbonyl (C=S) groups is 1. The van der Waals surface area contributed by atoms with Crippen molar-refractivity contribution in [2.45, 2.75) is 26.7 Å². The zero-order valence-corrected chi connectivity index (χ0v) is 17.7. The molecular formula is C27H20FNS. The van der Waals surface area contributed by atoms with E-state index < -0.39 is 0 Å². The second-order valence-electron chi connectivity index (χ2n) is 6.84. The summed E-state index contributed by atoms with van der Waals surface area (Å²) < 4.78 is 14.6. The van der Waals surface area contributed by atoms with Crippen molar-refractivity contribution in [1.82, 2.24) is 0 Å². The van der Waals surface area contributed by atoms with E-state index >= 15 is 0 Å². The first-order valence-electron chi connectivity index (χ1n) is 9.70. The van der Waals surface area contributed by atoms with Crippen LogP contribution in [0.25, 0.3) is 0 Å². The Labute approximate surface area is 182 Å². The zero-order chi connectivity index (χ0) is 21.3. The van der Waals surface area contributed by atoms with Gasteiger partial charge in [0.1, 0.15) is 5.82 Å². The fraction of sp³-hybridized carbons (Fsp3) is 0.148. The van der Waals surface area contributed by atoms with Gasteiger partial charge in [0.15, 0.2) is 0 Å². The van der Waals surface area contributed by atoms with Crippen molar-refractivity contribution in [2.75, 3.05) is 0 Å². The van der Waals surface area contributed by atoms with Crippen LogP contribution in [0.1, 0.15) is 46.7 Å². The second-order valence-corrected chi connectivity index (χ2v) is 7.03. The highest BCUT2D eigenvalue weighted by Gasteiger charge is 2.04. The molecule has 0 radical (unpaired) electrons. The third-order valence-electron chi connectivity index (χ3n) is 4.53. The minimum absolute atomic E-state index is 0.350. The first kappa shape index (κ1) is 21.2. The maximum absolute atomic E-state index is 14.6. The van der Waals surface area contributed by atoms with E-state index in [1.807, 2.05) is 31.2 Å². The van der Waals surface area contributed by atoms with Crippen molar-refractivity contribution in [3.05, 3.63) is 99.9 Å². The number of halogens is 1. The van der Waals surface area contributed by atoms with Crippen LogP contribution in [0.2, 0.25) is 0 Å². The number of hydrogen-bond donors (Lipinski definition) is 0. The van der Waals surface area contributed by atoms with Crippen LogP contribution in [0, 0.1) is 36.4 Å². The van der Waals surface area contributed by atoms with Gasteiger partial charge in [0.05, 0.1) is 16.4 Å². The third-order valence-corrected chi connectivity index (χ3v) is 4.62. The molecule has 0 saturated heterocycles. The molecule has 3 heteroatoms. The SMILES string of the molecule is CCCc1ccc(C#Cc2cc(F)c(C#Cc3ccc(N=C=S)cc3)cc2C)cc1. The number of rotatable bonds is 3. The summed E-state index contributed by atoms with van der Waals surface area (Å²) in [5.41, 5.74) is 5.60. The van der Waals surface area contributed by atoms with Crippen molar-refractivity contribution in [1.29, 1.82) is 0 Å². The van der Waals surface area contributed by atoms with Gasteiger partial charge in [-0.1, -0.05) is 49.2 Å². The summed E-state index contributed by atoms with van der Waals surface area (Å²) in [7, 11) is 0. The molecule has 0 fully saturated rings. The topological polar surface area (TPSA) is 12.4 Å². The molecule has 0 aliphatic rings. The molecule has 0 unspecified atom stereocenters. The van der Waals surface area contributed by atoms with E-state index in [9.17, 15) is 4.39 Å². The van der Waals surface area contributed by atoms with Gasteiger partial charge >= 0.3 is 0 Å². The quantitative estimate of drug-likeness (QED) is 0.269. The maximum Gasteiger partial charge on any atom is 0.140 e. The minimum Gasteiger partial charge on any atom is -0.206 e. The molecule has 0 aromatic heterocycles. The van der Waals surface area contributed by atoms with Gasteiger partial charge in [-0.25, -0.2) is 4.39 Å². The molecule has 3 aromatic rings. The smallest absolute Gasteiger partial charge is 0.140 e. The van der Waals surface area contributed by atoms with E-state index in [1.54, 1.807) is 18.2 Å². The Balaban J connectivity index is 1.80. The Morgan fingerprint density at radius 1 is 0.833 bits per heavy atom. The summed E-state index contributed by atoms with van der Waals surface area (Å²) >= 11 is 4.58. The van der Waals surface area contributed by atoms with Gasteiger partial charge in [0.2, 0.25) is 0 Å². The lowest BCUT2D eigenvalue weighted by Crippen LogP contribution is -1.91. The summed E-state index contributed by atoms with van der Waals surface area (Å²) in [5.74, 6) is 11.7. The summed E-state index contributed by atoms with van der Waals surface area (Å²) in [6.07, 6.45) is 2.18. The lowest BCUT2D eigenvalue weighted by Gasteiger charge is -2.02. The fourth-order valence-electron chi connectivity index (χ4n) is 2.91. The van der Waals surface area contributed by atoms with Crippen LogP contribution in [-0.2, 0) is 6.42 Å². The molecule has 0 bridgehead atoms. The van der Waals surface area contributed by atoms with Gasteiger partial charge in [-0.15, -0.1) is 0 Å². The largest absolute Gasteiger partial charge is 0.206 e. The first-order chi connectivity index (χ1) is 14.6. The molecule has 0 atom stereocenters. The van der Waals surface area contributed by atoms with Gasteiger partial charge < -0.3 is 0 Å². The molecule has 0 spiro atoms. The van der Waals surface area contributed by atoms with E-state index in [2.05, 4.69) is 65.1 Å². The number of hydrogen-bond acceptors (Lipinski definition) is 2. The summed E-state index contributed by atoms with van der Waals surface area (Å²) in [6, 6.07) is 18.6. The fourth-order valence-corrected chi connectivity index (χ4v) is 3.01. The zero-order valence-electron chi connectivity index (χ0n) is 16.9. The molecule has 0 amide bonds. The third kappa shape index (κ3) is 5.76. The molecule has 0 heterocycles. The number of nitrogens with zero attached hydrogens (tertiary/aromatic N) is 1. The molecular weight excluding hydrogens is 389 g/mol. The van der Waals surface area contributed by atoms with Gasteiger partial charge in [-0.3, -0.25) is 0 Å². The summed E-state index contributed by atoms with van der Waals surface area (Å²) in [4.78, 5) is 3.90. The second kappa shape index (κ2) is 10.3. The molecule has 3 rings (SSSR count). The van der Waals surface area contributed by atoms with Crippen LogP contribution in [0.5, 0.6) is 0 Å². The predicted octanol–water partition coefficient (Wildman–Crippen LogP) is 6.62. The Bertz CT molecular complexity index is 1210. The molecule has 0 saturated carbocycles. The van der Waals surface area contributed by atoms with Crippen molar-refractivity contribution in [3.8, 4) is 23.7 Å². The lowest BCUT2D eigenvalue weighted by atomic mass is 10.0. The highest BCUT2D eigenvalue weighted by atomic mass is 32.1. The normalized spacial score (nSPS) is 9.57. The minimum atomic E-state index is -0.377. The van der Waals surface area contributed by atoms with Crippen LogP contribution in [0.4, 0.5) is 10.1 Å². The average molecular weight is 410 g/mol. The van der Waals surface area contributed by atoms with E-state index in [0.717, 1.165) is 29.5 Å². The molecule has 0 aliphatic heterocycles. The van der Waals surface area contributed by atoms with Crippen LogP contribution in [-0.4, -0.2) is 5.16 Å². The van der Waals surface area contributed by atoms with Crippen molar-refractivity contribution in [3.63, 3.8) is 0 Å². The average Bonchev–Trinajstić information content (AvgIpc) is 2.75. The number of aliphatic imine (C=N–C) groups is 1. The van der Waals surface area contributed by atoms with Crippen LogP contribution >= 0.6 is 12.2 Å². The van der Waals surface area contributed by atoms with Gasteiger partial charge in [0, 0.05) is 16.7 Å². The van der Waals surface area contributed by atoms with Crippen LogP contribution in [0.3, 0.4) is 0 Å². The Morgan fingerprint density at radius 2 is 1.43 bits per heavy atom. The van der Waals surface area contributed by atoms with Crippen LogP contribution in [0.15, 0.2) is 65.7 Å². The maximum atomic E-state index is 14.6. The van der Waals surface area contributed by atoms with Crippen molar-refractivity contribution >= 4 is 23.1 Å². The van der Waals surface area contributed by atoms with Crippen molar-refractivity contribution in [2.24, 2.45) is 4.99 Å². The Morgan fingerprint density at radius 3 is 2.03 bits per heavy atom. The van der Waals surface area contributed by atoms with Gasteiger partial charge in [0.25, 0.3) is 0 Å². The first-order valence-corrected chi connectivity index (χ1v) is 10.1. The highest BCUT2D eigenvalue weighted by molar-refractivity contribution is 7.78.